The number of rotatable bonds is 5. The van der Waals surface area contributed by atoms with E-state index in [0.29, 0.717) is 36.4 Å². The Kier molecular flexibility index (Phi) is 12.0. The number of fused-ring (bicyclic) bond motifs is 2. The van der Waals surface area contributed by atoms with Gasteiger partial charge in [0.05, 0.1) is 13.1 Å². The first-order valence-electron chi connectivity index (χ1n) is 18.9. The second-order valence-electron chi connectivity index (χ2n) is 15.0. The first-order chi connectivity index (χ1) is 24.6. The molecule has 4 N–H and O–H groups in total. The van der Waals surface area contributed by atoms with Crippen LogP contribution in [0.3, 0.4) is 0 Å². The van der Waals surface area contributed by atoms with E-state index in [1.165, 1.54) is 11.0 Å². The van der Waals surface area contributed by atoms with Gasteiger partial charge in [-0.05, 0) is 62.5 Å². The summed E-state index contributed by atoms with van der Waals surface area (Å²) in [7, 11) is 0. The van der Waals surface area contributed by atoms with Crippen LogP contribution in [0.1, 0.15) is 114 Å². The third-order valence-electron chi connectivity index (χ3n) is 11.2. The summed E-state index contributed by atoms with van der Waals surface area (Å²) in [6.45, 7) is 0.332. The van der Waals surface area contributed by atoms with Gasteiger partial charge in [-0.15, -0.1) is 0 Å². The summed E-state index contributed by atoms with van der Waals surface area (Å²) < 4.78 is 25.8. The zero-order chi connectivity index (χ0) is 36.0. The van der Waals surface area contributed by atoms with Crippen LogP contribution < -0.4 is 16.0 Å². The zero-order valence-corrected chi connectivity index (χ0v) is 29.3. The zero-order valence-electron chi connectivity index (χ0n) is 29.3. The van der Waals surface area contributed by atoms with Crippen molar-refractivity contribution in [1.82, 2.24) is 25.8 Å². The molecule has 4 fully saturated rings. The van der Waals surface area contributed by atoms with E-state index in [4.69, 9.17) is 9.47 Å². The van der Waals surface area contributed by atoms with Crippen LogP contribution >= 0.6 is 0 Å². The van der Waals surface area contributed by atoms with Crippen molar-refractivity contribution in [2.75, 3.05) is 13.1 Å². The van der Waals surface area contributed by atoms with E-state index in [-0.39, 0.29) is 44.5 Å². The molecule has 0 bridgehead atoms. The molecule has 5 amide bonds. The maximum Gasteiger partial charge on any atom is 0.410 e. The van der Waals surface area contributed by atoms with Gasteiger partial charge in [0, 0.05) is 37.5 Å². The van der Waals surface area contributed by atoms with Crippen molar-refractivity contribution in [2.24, 2.45) is 5.92 Å². The molecular weight excluding hydrogens is 661 g/mol. The van der Waals surface area contributed by atoms with Crippen LogP contribution in [0.2, 0.25) is 0 Å². The first kappa shape index (κ1) is 36.8. The van der Waals surface area contributed by atoms with Gasteiger partial charge in [-0.2, -0.15) is 0 Å². The molecule has 280 valence electrons. The predicted molar refractivity (Wildman–Crippen MR) is 182 cm³/mol. The molecule has 2 saturated carbocycles. The monoisotopic (exact) mass is 713 g/mol. The van der Waals surface area contributed by atoms with Gasteiger partial charge in [-0.3, -0.25) is 19.3 Å². The molecule has 3 aliphatic heterocycles. The van der Waals surface area contributed by atoms with Gasteiger partial charge in [-0.1, -0.05) is 57.1 Å². The van der Waals surface area contributed by atoms with Crippen molar-refractivity contribution in [1.29, 1.82) is 0 Å². The minimum Gasteiger partial charge on any atom is -0.446 e. The Hall–Kier alpha value is -3.94. The molecule has 2 aliphatic carbocycles. The fraction of sp³-hybridized carbons (Fsp3) is 0.703. The number of hydrogen-bond acceptors (Lipinski definition) is 8. The average molecular weight is 714 g/mol. The number of nitrogens with one attached hydrogen (secondary N) is 3. The maximum atomic E-state index is 14.4. The molecule has 1 aromatic rings. The average Bonchev–Trinajstić information content (AvgIpc) is 3.82. The highest BCUT2D eigenvalue weighted by molar-refractivity contribution is 5.94. The molecule has 14 heteroatoms. The highest BCUT2D eigenvalue weighted by atomic mass is 19.1. The van der Waals surface area contributed by atoms with Gasteiger partial charge in [0.2, 0.25) is 17.5 Å². The highest BCUT2D eigenvalue weighted by Gasteiger charge is 2.55. The number of halogens is 1. The van der Waals surface area contributed by atoms with E-state index < -0.39 is 60.2 Å². The topological polar surface area (TPSA) is 167 Å². The minimum atomic E-state index is -2.44. The van der Waals surface area contributed by atoms with Crippen LogP contribution in [0.15, 0.2) is 18.2 Å². The van der Waals surface area contributed by atoms with Crippen LogP contribution in [0.25, 0.3) is 0 Å². The predicted octanol–water partition coefficient (Wildman–Crippen LogP) is 4.14. The van der Waals surface area contributed by atoms with Crippen LogP contribution in [0.5, 0.6) is 0 Å². The van der Waals surface area contributed by atoms with E-state index in [1.54, 1.807) is 12.1 Å². The first-order valence-corrected chi connectivity index (χ1v) is 18.9. The number of ether oxygens (including phenoxy) is 2. The second-order valence-corrected chi connectivity index (χ2v) is 15.0. The van der Waals surface area contributed by atoms with E-state index in [1.807, 2.05) is 0 Å². The Bertz CT molecular complexity index is 1450. The third kappa shape index (κ3) is 9.11. The summed E-state index contributed by atoms with van der Waals surface area (Å²) in [5.74, 6) is -1.86. The summed E-state index contributed by atoms with van der Waals surface area (Å²) >= 11 is 0. The Balaban J connectivity index is 1.23. The molecule has 2 saturated heterocycles. The summed E-state index contributed by atoms with van der Waals surface area (Å²) in [6.07, 6.45) is 7.91. The normalized spacial score (nSPS) is 28.6. The molecule has 5 aliphatic rings. The molecule has 0 radical (unpaired) electrons. The van der Waals surface area contributed by atoms with Crippen LogP contribution in [-0.4, -0.2) is 87.9 Å². The lowest BCUT2D eigenvalue weighted by atomic mass is 9.80. The van der Waals surface area contributed by atoms with Gasteiger partial charge in [0.1, 0.15) is 24.1 Å². The van der Waals surface area contributed by atoms with Gasteiger partial charge < -0.3 is 35.4 Å². The summed E-state index contributed by atoms with van der Waals surface area (Å²) in [4.78, 5) is 70.2. The fourth-order valence-corrected chi connectivity index (χ4v) is 8.07. The van der Waals surface area contributed by atoms with Crippen molar-refractivity contribution >= 4 is 29.9 Å². The Morgan fingerprint density at radius 3 is 2.41 bits per heavy atom. The molecular formula is C37H52FN5O8. The molecule has 1 unspecified atom stereocenters. The molecule has 6 rings (SSSR count). The molecule has 51 heavy (non-hydrogen) atoms. The van der Waals surface area contributed by atoms with Crippen molar-refractivity contribution in [3.05, 3.63) is 35.1 Å². The highest BCUT2D eigenvalue weighted by Crippen LogP contribution is 2.35. The summed E-state index contributed by atoms with van der Waals surface area (Å²) in [5.41, 5.74) is -1.39. The summed E-state index contributed by atoms with van der Waals surface area (Å²) in [5, 5.41) is 20.7. The number of hydrogen-bond donors (Lipinski definition) is 4. The van der Waals surface area contributed by atoms with Crippen molar-refractivity contribution in [2.45, 2.75) is 146 Å². The lowest BCUT2D eigenvalue weighted by Crippen LogP contribution is -2.62. The Morgan fingerprint density at radius 1 is 0.922 bits per heavy atom. The second kappa shape index (κ2) is 16.6. The van der Waals surface area contributed by atoms with E-state index >= 15 is 0 Å². The largest absolute Gasteiger partial charge is 0.446 e. The Morgan fingerprint density at radius 2 is 1.67 bits per heavy atom. The van der Waals surface area contributed by atoms with Gasteiger partial charge in [0.15, 0.2) is 0 Å². The number of amides is 5. The Labute approximate surface area is 298 Å². The molecule has 1 aromatic carbocycles. The number of aliphatic hydroxyl groups is 1. The molecule has 4 atom stereocenters. The minimum absolute atomic E-state index is 0.000962. The number of carbonyl (C=O) groups is 5. The van der Waals surface area contributed by atoms with E-state index in [9.17, 15) is 33.5 Å². The van der Waals surface area contributed by atoms with Crippen molar-refractivity contribution in [3.8, 4) is 0 Å². The third-order valence-corrected chi connectivity index (χ3v) is 11.2. The molecule has 0 spiro atoms. The van der Waals surface area contributed by atoms with Gasteiger partial charge in [-0.25, -0.2) is 14.0 Å². The lowest BCUT2D eigenvalue weighted by Gasteiger charge is -2.36. The quantitative estimate of drug-likeness (QED) is 0.354. The smallest absolute Gasteiger partial charge is 0.410 e. The number of benzene rings is 1. The lowest BCUT2D eigenvalue weighted by molar-refractivity contribution is -0.170. The number of alkyl carbamates (subject to hydrolysis) is 1. The van der Waals surface area contributed by atoms with Crippen molar-refractivity contribution in [3.63, 3.8) is 0 Å². The SMILES string of the molecule is O=C1CC(CC2CCC2)NC(=O)[C@@]2(O)C[C@@H](OC(=O)N3Cc4cccc(F)c4C3)CN2C(=O)[C@@H](NC(=O)OC2CCCC2)CCCCCCCN1. The number of nitrogens with zero attached hydrogens (tertiary/aromatic N) is 2. The number of carbonyl (C=O) groups excluding carboxylic acids is 5. The molecule has 0 aromatic heterocycles. The van der Waals surface area contributed by atoms with Gasteiger partial charge in [0.25, 0.3) is 5.91 Å². The standard InChI is InChI=1S/C37H52FN5O8/c38-30-15-9-12-25-21-42(23-29(25)30)36(48)51-28-20-37(49)34(46)40-26(18-24-10-8-11-24)19-32(44)39-17-7-3-1-2-4-16-31(33(45)43(37)22-28)41-35(47)50-27-13-5-6-14-27/h9,12,15,24,26-28,31,49H,1-8,10-11,13-14,16-23H2,(H,39,44)(H,40,46)(H,41,47)/t26?,28-,31+,37+/m1/s1. The van der Waals surface area contributed by atoms with E-state index in [2.05, 4.69) is 16.0 Å². The molecule has 3 heterocycles. The molecule has 13 nitrogen and oxygen atoms in total. The summed E-state index contributed by atoms with van der Waals surface area (Å²) in [6, 6.07) is 2.94. The van der Waals surface area contributed by atoms with Crippen molar-refractivity contribution < 1.29 is 42.9 Å². The van der Waals surface area contributed by atoms with Crippen LogP contribution in [0.4, 0.5) is 14.0 Å². The van der Waals surface area contributed by atoms with Crippen LogP contribution in [-0.2, 0) is 36.9 Å². The van der Waals surface area contributed by atoms with Gasteiger partial charge >= 0.3 is 12.2 Å². The fourth-order valence-electron chi connectivity index (χ4n) is 8.07. The maximum absolute atomic E-state index is 14.4. The van der Waals surface area contributed by atoms with E-state index in [0.717, 1.165) is 75.5 Å². The van der Waals surface area contributed by atoms with Crippen LogP contribution in [0, 0.1) is 11.7 Å².